The minimum Gasteiger partial charge on any atom is -0.481 e. The van der Waals surface area contributed by atoms with E-state index in [0.717, 1.165) is 49.0 Å². The summed E-state index contributed by atoms with van der Waals surface area (Å²) in [6, 6.07) is 6.36. The van der Waals surface area contributed by atoms with Gasteiger partial charge in [-0.05, 0) is 56.7 Å². The highest BCUT2D eigenvalue weighted by Gasteiger charge is 2.42. The van der Waals surface area contributed by atoms with Crippen LogP contribution >= 0.6 is 11.3 Å². The lowest BCUT2D eigenvalue weighted by molar-refractivity contribution is -0.143. The number of benzene rings is 1. The third-order valence-corrected chi connectivity index (χ3v) is 6.58. The average molecular weight is 389 g/mol. The van der Waals surface area contributed by atoms with E-state index in [0.29, 0.717) is 13.0 Å². The molecule has 0 aliphatic heterocycles. The van der Waals surface area contributed by atoms with Crippen LogP contribution in [-0.2, 0) is 16.0 Å². The van der Waals surface area contributed by atoms with E-state index in [1.807, 2.05) is 6.92 Å². The SMILES string of the molecule is Cc1nc2ccc(CCCNC(=O)C3(CC(C)C(=O)O)CCCC3)cc2s1. The van der Waals surface area contributed by atoms with Crippen LogP contribution < -0.4 is 5.32 Å². The predicted octanol–water partition coefficient (Wildman–Crippen LogP) is 4.32. The molecule has 1 unspecified atom stereocenters. The molecule has 27 heavy (non-hydrogen) atoms. The van der Waals surface area contributed by atoms with E-state index in [1.54, 1.807) is 18.3 Å². The van der Waals surface area contributed by atoms with Crippen LogP contribution in [-0.4, -0.2) is 28.5 Å². The van der Waals surface area contributed by atoms with Crippen molar-refractivity contribution in [2.45, 2.75) is 58.8 Å². The van der Waals surface area contributed by atoms with Gasteiger partial charge in [-0.1, -0.05) is 25.8 Å². The van der Waals surface area contributed by atoms with Crippen LogP contribution in [0.4, 0.5) is 0 Å². The lowest BCUT2D eigenvalue weighted by Gasteiger charge is -2.29. The van der Waals surface area contributed by atoms with Gasteiger partial charge in [-0.15, -0.1) is 11.3 Å². The van der Waals surface area contributed by atoms with Crippen molar-refractivity contribution in [1.29, 1.82) is 0 Å². The fourth-order valence-electron chi connectivity index (χ4n) is 4.17. The minimum atomic E-state index is -0.817. The van der Waals surface area contributed by atoms with Crippen molar-refractivity contribution in [3.8, 4) is 0 Å². The van der Waals surface area contributed by atoms with Crippen LogP contribution in [0.3, 0.4) is 0 Å². The standard InChI is InChI=1S/C21H28N2O3S/c1-14(19(24)25)13-21(9-3-4-10-21)20(26)22-11-5-6-16-7-8-17-18(12-16)27-15(2)23-17/h7-8,12,14H,3-6,9-11,13H2,1-2H3,(H,22,26)(H,24,25). The number of carboxylic acids is 1. The molecule has 0 bridgehead atoms. The number of thiazole rings is 1. The molecule has 1 aliphatic rings. The molecule has 6 heteroatoms. The zero-order valence-corrected chi connectivity index (χ0v) is 16.9. The topological polar surface area (TPSA) is 79.3 Å². The average Bonchev–Trinajstić information content (AvgIpc) is 3.24. The normalized spacial score (nSPS) is 17.1. The van der Waals surface area contributed by atoms with E-state index < -0.39 is 17.3 Å². The summed E-state index contributed by atoms with van der Waals surface area (Å²) in [6.07, 6.45) is 5.85. The predicted molar refractivity (Wildman–Crippen MR) is 108 cm³/mol. The van der Waals surface area contributed by atoms with Crippen LogP contribution in [0.1, 0.15) is 56.0 Å². The van der Waals surface area contributed by atoms with Gasteiger partial charge in [-0.25, -0.2) is 4.98 Å². The first-order chi connectivity index (χ1) is 12.9. The molecule has 1 heterocycles. The smallest absolute Gasteiger partial charge is 0.306 e. The molecule has 5 nitrogen and oxygen atoms in total. The molecule has 0 saturated heterocycles. The zero-order valence-electron chi connectivity index (χ0n) is 16.1. The van der Waals surface area contributed by atoms with E-state index in [2.05, 4.69) is 28.5 Å². The molecule has 1 atom stereocenters. The quantitative estimate of drug-likeness (QED) is 0.660. The molecule has 1 aromatic heterocycles. The largest absolute Gasteiger partial charge is 0.481 e. The van der Waals surface area contributed by atoms with Gasteiger partial charge in [0, 0.05) is 12.0 Å². The van der Waals surface area contributed by atoms with E-state index in [4.69, 9.17) is 0 Å². The van der Waals surface area contributed by atoms with Gasteiger partial charge in [0.05, 0.1) is 21.1 Å². The molecule has 0 radical (unpaired) electrons. The third kappa shape index (κ3) is 4.67. The second-order valence-corrected chi connectivity index (χ2v) is 9.06. The van der Waals surface area contributed by atoms with Crippen LogP contribution in [0.15, 0.2) is 18.2 Å². The fraction of sp³-hybridized carbons (Fsp3) is 0.571. The number of carboxylic acid groups (broad SMARTS) is 1. The third-order valence-electron chi connectivity index (χ3n) is 5.65. The Morgan fingerprint density at radius 2 is 2.07 bits per heavy atom. The maximum absolute atomic E-state index is 12.8. The maximum Gasteiger partial charge on any atom is 0.306 e. The Balaban J connectivity index is 1.52. The molecule has 1 aliphatic carbocycles. The summed E-state index contributed by atoms with van der Waals surface area (Å²) < 4.78 is 1.21. The molecule has 146 valence electrons. The number of aryl methyl sites for hydroxylation is 2. The van der Waals surface area contributed by atoms with E-state index in [-0.39, 0.29) is 5.91 Å². The van der Waals surface area contributed by atoms with Gasteiger partial charge < -0.3 is 10.4 Å². The summed E-state index contributed by atoms with van der Waals surface area (Å²) in [5, 5.41) is 13.4. The van der Waals surface area contributed by atoms with Crippen molar-refractivity contribution in [2.24, 2.45) is 11.3 Å². The Hall–Kier alpha value is -1.95. The summed E-state index contributed by atoms with van der Waals surface area (Å²) in [6.45, 7) is 4.35. The van der Waals surface area contributed by atoms with Crippen molar-refractivity contribution in [3.63, 3.8) is 0 Å². The van der Waals surface area contributed by atoms with Crippen LogP contribution in [0.2, 0.25) is 0 Å². The molecule has 3 rings (SSSR count). The van der Waals surface area contributed by atoms with E-state index in [9.17, 15) is 14.7 Å². The van der Waals surface area contributed by atoms with Gasteiger partial charge in [0.15, 0.2) is 0 Å². The fourth-order valence-corrected chi connectivity index (χ4v) is 5.06. The van der Waals surface area contributed by atoms with Crippen molar-refractivity contribution < 1.29 is 14.7 Å². The van der Waals surface area contributed by atoms with E-state index >= 15 is 0 Å². The van der Waals surface area contributed by atoms with Gasteiger partial charge in [-0.3, -0.25) is 9.59 Å². The van der Waals surface area contributed by atoms with Crippen LogP contribution in [0.25, 0.3) is 10.2 Å². The van der Waals surface area contributed by atoms with Gasteiger partial charge in [0.2, 0.25) is 5.91 Å². The molecule has 0 spiro atoms. The lowest BCUT2D eigenvalue weighted by atomic mass is 9.77. The molecule has 2 N–H and O–H groups in total. The number of aliphatic carboxylic acids is 1. The van der Waals surface area contributed by atoms with Crippen molar-refractivity contribution >= 4 is 33.4 Å². The summed E-state index contributed by atoms with van der Waals surface area (Å²) >= 11 is 1.71. The Morgan fingerprint density at radius 1 is 1.33 bits per heavy atom. The number of carbonyl (C=O) groups is 2. The Labute approximate surface area is 164 Å². The number of carbonyl (C=O) groups excluding carboxylic acids is 1. The summed E-state index contributed by atoms with van der Waals surface area (Å²) in [5.74, 6) is -1.26. The first-order valence-electron chi connectivity index (χ1n) is 9.77. The van der Waals surface area contributed by atoms with Gasteiger partial charge >= 0.3 is 5.97 Å². The van der Waals surface area contributed by atoms with Crippen LogP contribution in [0, 0.1) is 18.3 Å². The Kier molecular flexibility index (Phi) is 6.15. The number of fused-ring (bicyclic) bond motifs is 1. The van der Waals surface area contributed by atoms with Gasteiger partial charge in [-0.2, -0.15) is 0 Å². The van der Waals surface area contributed by atoms with Crippen LogP contribution in [0.5, 0.6) is 0 Å². The van der Waals surface area contributed by atoms with E-state index in [1.165, 1.54) is 10.3 Å². The van der Waals surface area contributed by atoms with Crippen molar-refractivity contribution in [2.75, 3.05) is 6.54 Å². The van der Waals surface area contributed by atoms with Gasteiger partial charge in [0.1, 0.15) is 0 Å². The van der Waals surface area contributed by atoms with Gasteiger partial charge in [0.25, 0.3) is 0 Å². The molecular weight excluding hydrogens is 360 g/mol. The molecule has 1 saturated carbocycles. The monoisotopic (exact) mass is 388 g/mol. The molecule has 1 amide bonds. The maximum atomic E-state index is 12.8. The first-order valence-corrected chi connectivity index (χ1v) is 10.6. The zero-order chi connectivity index (χ0) is 19.4. The Bertz CT molecular complexity index is 824. The number of hydrogen-bond acceptors (Lipinski definition) is 4. The minimum absolute atomic E-state index is 0.0432. The highest BCUT2D eigenvalue weighted by atomic mass is 32.1. The number of nitrogens with zero attached hydrogens (tertiary/aromatic N) is 1. The summed E-state index contributed by atoms with van der Waals surface area (Å²) in [7, 11) is 0. The number of amides is 1. The molecule has 1 fully saturated rings. The van der Waals surface area contributed by atoms with Crippen molar-refractivity contribution in [3.05, 3.63) is 28.8 Å². The number of nitrogens with one attached hydrogen (secondary N) is 1. The highest BCUT2D eigenvalue weighted by Crippen LogP contribution is 2.43. The van der Waals surface area contributed by atoms with Crippen molar-refractivity contribution in [1.82, 2.24) is 10.3 Å². The number of rotatable bonds is 8. The Morgan fingerprint density at radius 3 is 2.78 bits per heavy atom. The molecule has 1 aromatic carbocycles. The molecular formula is C21H28N2O3S. The molecule has 2 aromatic rings. The summed E-state index contributed by atoms with van der Waals surface area (Å²) in [5.41, 5.74) is 1.82. The second-order valence-electron chi connectivity index (χ2n) is 7.83. The number of hydrogen-bond donors (Lipinski definition) is 2. The highest BCUT2D eigenvalue weighted by molar-refractivity contribution is 7.18. The second kappa shape index (κ2) is 8.38. The first kappa shape index (κ1) is 19.8. The number of aromatic nitrogens is 1. The lowest BCUT2D eigenvalue weighted by Crippen LogP contribution is -2.41. The summed E-state index contributed by atoms with van der Waals surface area (Å²) in [4.78, 5) is 28.5.